The van der Waals surface area contributed by atoms with Crippen molar-refractivity contribution in [3.63, 3.8) is 0 Å². The van der Waals surface area contributed by atoms with Crippen molar-refractivity contribution in [2.75, 3.05) is 13.1 Å². The molecule has 1 amide bonds. The number of nitrogens with zero attached hydrogens (tertiary/aromatic N) is 1. The Balaban J connectivity index is 0.994. The van der Waals surface area contributed by atoms with Crippen LogP contribution in [0.1, 0.15) is 47.4 Å². The molecular formula is C31H35N3O2. The average Bonchev–Trinajstić information content (AvgIpc) is 3.70. The summed E-state index contributed by atoms with van der Waals surface area (Å²) in [6.07, 6.45) is 7.00. The third-order valence-electron chi connectivity index (χ3n) is 7.12. The molecule has 0 radical (unpaired) electrons. The van der Waals surface area contributed by atoms with Gasteiger partial charge in [-0.1, -0.05) is 84.9 Å². The molecule has 1 heterocycles. The zero-order valence-electron chi connectivity index (χ0n) is 20.7. The molecule has 5 rings (SSSR count). The summed E-state index contributed by atoms with van der Waals surface area (Å²) >= 11 is 0. The first-order chi connectivity index (χ1) is 17.7. The molecule has 2 aliphatic rings. The monoisotopic (exact) mass is 481 g/mol. The molecular weight excluding hydrogens is 446 g/mol. The molecule has 0 bridgehead atoms. The van der Waals surface area contributed by atoms with Crippen LogP contribution in [0.3, 0.4) is 0 Å². The van der Waals surface area contributed by atoms with Crippen LogP contribution in [0.15, 0.2) is 91.0 Å². The smallest absolute Gasteiger partial charge is 0.267 e. The van der Waals surface area contributed by atoms with Gasteiger partial charge >= 0.3 is 0 Å². The van der Waals surface area contributed by atoms with Gasteiger partial charge in [0.1, 0.15) is 0 Å². The fraction of sp³-hybridized carbons (Fsp3) is 0.323. The van der Waals surface area contributed by atoms with Crippen molar-refractivity contribution < 1.29 is 9.63 Å². The molecule has 186 valence electrons. The van der Waals surface area contributed by atoms with Crippen LogP contribution < -0.4 is 10.8 Å². The van der Waals surface area contributed by atoms with Gasteiger partial charge < -0.3 is 5.32 Å². The third-order valence-corrected chi connectivity index (χ3v) is 7.12. The minimum absolute atomic E-state index is 0.271. The molecule has 1 aliphatic heterocycles. The predicted octanol–water partition coefficient (Wildman–Crippen LogP) is 5.06. The number of nitrogens with one attached hydrogen (secondary N) is 2. The van der Waals surface area contributed by atoms with Crippen LogP contribution in [0.5, 0.6) is 0 Å². The molecule has 5 heteroatoms. The molecule has 2 atom stereocenters. The van der Waals surface area contributed by atoms with Gasteiger partial charge in [0.25, 0.3) is 5.91 Å². The van der Waals surface area contributed by atoms with Crippen molar-refractivity contribution in [1.82, 2.24) is 15.7 Å². The topological polar surface area (TPSA) is 53.6 Å². The number of hydroxylamine groups is 1. The summed E-state index contributed by atoms with van der Waals surface area (Å²) in [5.74, 6) is 0.428. The Kier molecular flexibility index (Phi) is 8.24. The highest BCUT2D eigenvalue weighted by Crippen LogP contribution is 2.41. The van der Waals surface area contributed by atoms with E-state index in [1.165, 1.54) is 36.5 Å². The minimum Gasteiger partial charge on any atom is -0.311 e. The van der Waals surface area contributed by atoms with Gasteiger partial charge in [-0.05, 0) is 60.7 Å². The van der Waals surface area contributed by atoms with Crippen LogP contribution in [0.2, 0.25) is 0 Å². The first-order valence-corrected chi connectivity index (χ1v) is 13.0. The lowest BCUT2D eigenvalue weighted by Gasteiger charge is -2.32. The number of piperidine rings is 1. The maximum absolute atomic E-state index is 12.0. The van der Waals surface area contributed by atoms with E-state index < -0.39 is 0 Å². The van der Waals surface area contributed by atoms with E-state index in [2.05, 4.69) is 70.3 Å². The van der Waals surface area contributed by atoms with Crippen LogP contribution in [-0.2, 0) is 22.8 Å². The van der Waals surface area contributed by atoms with E-state index in [-0.39, 0.29) is 5.91 Å². The van der Waals surface area contributed by atoms with E-state index in [0.717, 1.165) is 30.8 Å². The second-order valence-electron chi connectivity index (χ2n) is 9.89. The molecule has 2 N–H and O–H groups in total. The summed E-state index contributed by atoms with van der Waals surface area (Å²) in [5.41, 5.74) is 7.25. The number of benzene rings is 3. The molecule has 2 fully saturated rings. The maximum atomic E-state index is 12.0. The highest BCUT2D eigenvalue weighted by atomic mass is 16.6. The van der Waals surface area contributed by atoms with E-state index in [4.69, 9.17) is 4.84 Å². The molecule has 3 aromatic rings. The van der Waals surface area contributed by atoms with E-state index in [1.807, 2.05) is 36.4 Å². The molecule has 1 aliphatic carbocycles. The first kappa shape index (κ1) is 24.4. The minimum atomic E-state index is -0.271. The average molecular weight is 482 g/mol. The molecule has 0 spiro atoms. The Bertz CT molecular complexity index is 1120. The number of hydrogen-bond donors (Lipinski definition) is 2. The van der Waals surface area contributed by atoms with Crippen molar-refractivity contribution in [1.29, 1.82) is 0 Å². The fourth-order valence-corrected chi connectivity index (χ4v) is 4.97. The van der Waals surface area contributed by atoms with Crippen LogP contribution in [0, 0.1) is 0 Å². The molecule has 2 unspecified atom stereocenters. The number of likely N-dealkylation sites (tertiary alicyclic amines) is 1. The van der Waals surface area contributed by atoms with Gasteiger partial charge in [-0.15, -0.1) is 0 Å². The van der Waals surface area contributed by atoms with Crippen molar-refractivity contribution >= 4 is 12.0 Å². The maximum Gasteiger partial charge on any atom is 0.267 e. The summed E-state index contributed by atoms with van der Waals surface area (Å²) in [7, 11) is 0. The Morgan fingerprint density at radius 2 is 1.58 bits per heavy atom. The predicted molar refractivity (Wildman–Crippen MR) is 144 cm³/mol. The Hall–Kier alpha value is -3.25. The molecule has 1 saturated carbocycles. The summed E-state index contributed by atoms with van der Waals surface area (Å²) < 4.78 is 0. The lowest BCUT2D eigenvalue weighted by atomic mass is 10.0. The number of rotatable bonds is 10. The number of amides is 1. The molecule has 5 nitrogen and oxygen atoms in total. The fourth-order valence-electron chi connectivity index (χ4n) is 4.97. The lowest BCUT2D eigenvalue weighted by Crippen LogP contribution is -2.43. The van der Waals surface area contributed by atoms with Gasteiger partial charge in [-0.25, -0.2) is 5.48 Å². The van der Waals surface area contributed by atoms with Crippen molar-refractivity contribution in [2.24, 2.45) is 0 Å². The first-order valence-electron chi connectivity index (χ1n) is 13.0. The highest BCUT2D eigenvalue weighted by Gasteiger charge is 2.39. The zero-order chi connectivity index (χ0) is 24.6. The molecule has 0 aromatic heterocycles. The van der Waals surface area contributed by atoms with Gasteiger partial charge in [0.2, 0.25) is 0 Å². The lowest BCUT2D eigenvalue weighted by molar-refractivity contribution is -0.129. The van der Waals surface area contributed by atoms with Crippen LogP contribution in [0.4, 0.5) is 0 Å². The third kappa shape index (κ3) is 7.14. The number of hydrogen-bond acceptors (Lipinski definition) is 4. The SMILES string of the molecule is O=C(/C=C/c1ccc(CN2CCC(NC3CC3c3ccccc3)CC2)cc1)NOCc1ccccc1. The van der Waals surface area contributed by atoms with E-state index >= 15 is 0 Å². The Morgan fingerprint density at radius 3 is 2.31 bits per heavy atom. The summed E-state index contributed by atoms with van der Waals surface area (Å²) in [5, 5.41) is 3.90. The van der Waals surface area contributed by atoms with Gasteiger partial charge in [0, 0.05) is 30.6 Å². The number of carbonyl (C=O) groups is 1. The van der Waals surface area contributed by atoms with E-state index in [0.29, 0.717) is 24.6 Å². The van der Waals surface area contributed by atoms with E-state index in [9.17, 15) is 4.79 Å². The summed E-state index contributed by atoms with van der Waals surface area (Å²) in [6, 6.07) is 30.4. The van der Waals surface area contributed by atoms with Gasteiger partial charge in [-0.3, -0.25) is 14.5 Å². The van der Waals surface area contributed by atoms with Crippen LogP contribution in [-0.4, -0.2) is 36.0 Å². The van der Waals surface area contributed by atoms with Crippen LogP contribution in [0.25, 0.3) is 6.08 Å². The summed E-state index contributed by atoms with van der Waals surface area (Å²) in [6.45, 7) is 3.58. The normalized spacial score (nSPS) is 20.4. The second-order valence-corrected chi connectivity index (χ2v) is 9.89. The van der Waals surface area contributed by atoms with Gasteiger partial charge in [-0.2, -0.15) is 0 Å². The second kappa shape index (κ2) is 12.1. The standard InChI is InChI=1S/C31H35N3O2/c35-31(33-36-23-26-7-3-1-4-8-26)16-15-24-11-13-25(14-12-24)22-34-19-17-28(18-20-34)32-30-21-29(30)27-9-5-2-6-10-27/h1-16,28-30,32H,17-23H2,(H,33,35)/b16-15+. The molecule has 1 saturated heterocycles. The van der Waals surface area contributed by atoms with Gasteiger partial charge in [0.05, 0.1) is 6.61 Å². The van der Waals surface area contributed by atoms with Crippen molar-refractivity contribution in [2.45, 2.75) is 50.4 Å². The Labute approximate surface area is 214 Å². The van der Waals surface area contributed by atoms with Crippen molar-refractivity contribution in [3.05, 3.63) is 113 Å². The molecule has 3 aromatic carbocycles. The van der Waals surface area contributed by atoms with Gasteiger partial charge in [0.15, 0.2) is 0 Å². The highest BCUT2D eigenvalue weighted by molar-refractivity contribution is 5.90. The van der Waals surface area contributed by atoms with Crippen molar-refractivity contribution in [3.8, 4) is 0 Å². The largest absolute Gasteiger partial charge is 0.311 e. The van der Waals surface area contributed by atoms with E-state index in [1.54, 1.807) is 0 Å². The quantitative estimate of drug-likeness (QED) is 0.314. The molecule has 36 heavy (non-hydrogen) atoms. The Morgan fingerprint density at radius 1 is 0.889 bits per heavy atom. The zero-order valence-corrected chi connectivity index (χ0v) is 20.7. The number of carbonyl (C=O) groups excluding carboxylic acids is 1. The summed E-state index contributed by atoms with van der Waals surface area (Å²) in [4.78, 5) is 19.8. The van der Waals surface area contributed by atoms with Crippen LogP contribution >= 0.6 is 0 Å².